The first-order chi connectivity index (χ1) is 16.4. The van der Waals surface area contributed by atoms with Gasteiger partial charge in [-0.15, -0.1) is 11.3 Å². The smallest absolute Gasteiger partial charge is 0.255 e. The van der Waals surface area contributed by atoms with Crippen LogP contribution in [0.1, 0.15) is 45.0 Å². The number of aryl methyl sites for hydroxylation is 2. The minimum atomic E-state index is -0.140. The molecule has 4 aromatic rings. The normalized spacial score (nSPS) is 12.1. The molecule has 0 aliphatic carbocycles. The lowest BCUT2D eigenvalue weighted by Gasteiger charge is -2.12. The highest BCUT2D eigenvalue weighted by atomic mass is 32.1. The van der Waals surface area contributed by atoms with Gasteiger partial charge >= 0.3 is 0 Å². The number of benzene rings is 3. The van der Waals surface area contributed by atoms with E-state index in [1.54, 1.807) is 12.1 Å². The molecule has 5 nitrogen and oxygen atoms in total. The van der Waals surface area contributed by atoms with Crippen molar-refractivity contribution in [2.45, 2.75) is 33.2 Å². The van der Waals surface area contributed by atoms with E-state index in [4.69, 9.17) is 0 Å². The Kier molecular flexibility index (Phi) is 7.18. The van der Waals surface area contributed by atoms with E-state index in [0.717, 1.165) is 37.6 Å². The van der Waals surface area contributed by atoms with Crippen LogP contribution in [0.2, 0.25) is 0 Å². The van der Waals surface area contributed by atoms with E-state index in [-0.39, 0.29) is 17.9 Å². The Labute approximate surface area is 203 Å². The summed E-state index contributed by atoms with van der Waals surface area (Å²) in [5, 5.41) is 6.89. The number of carbonyl (C=O) groups excluding carboxylic acids is 2. The third-order valence-corrected chi connectivity index (χ3v) is 6.68. The van der Waals surface area contributed by atoms with Crippen molar-refractivity contribution in [2.24, 2.45) is 0 Å². The third kappa shape index (κ3) is 5.58. The molecule has 1 aromatic heterocycles. The van der Waals surface area contributed by atoms with Crippen molar-refractivity contribution < 1.29 is 9.59 Å². The maximum atomic E-state index is 12.8. The number of nitrogens with zero attached hydrogens (tertiary/aromatic N) is 1. The summed E-state index contributed by atoms with van der Waals surface area (Å²) in [5.41, 5.74) is 5.41. The second-order valence-corrected chi connectivity index (χ2v) is 9.37. The van der Waals surface area contributed by atoms with Gasteiger partial charge in [-0.25, -0.2) is 4.98 Å². The number of allylic oxidation sites excluding steroid dienone is 1. The van der Waals surface area contributed by atoms with Gasteiger partial charge < -0.3 is 10.6 Å². The lowest BCUT2D eigenvalue weighted by atomic mass is 10.1. The molecule has 0 aliphatic heterocycles. The van der Waals surface area contributed by atoms with E-state index < -0.39 is 0 Å². The summed E-state index contributed by atoms with van der Waals surface area (Å²) in [7, 11) is 0. The Morgan fingerprint density at radius 3 is 2.47 bits per heavy atom. The molecule has 0 fully saturated rings. The van der Waals surface area contributed by atoms with Gasteiger partial charge in [-0.3, -0.25) is 9.59 Å². The summed E-state index contributed by atoms with van der Waals surface area (Å²) in [6.07, 6.45) is 3.92. The predicted molar refractivity (Wildman–Crippen MR) is 139 cm³/mol. The minimum Gasteiger partial charge on any atom is -0.346 e. The summed E-state index contributed by atoms with van der Waals surface area (Å²) in [5.74, 6) is -0.277. The van der Waals surface area contributed by atoms with Crippen molar-refractivity contribution in [1.29, 1.82) is 0 Å². The van der Waals surface area contributed by atoms with Gasteiger partial charge in [0.1, 0.15) is 0 Å². The fourth-order valence-electron chi connectivity index (χ4n) is 3.75. The summed E-state index contributed by atoms with van der Waals surface area (Å²) in [6.45, 7) is 5.93. The number of hydrogen-bond donors (Lipinski definition) is 2. The minimum absolute atomic E-state index is 0.0613. The van der Waals surface area contributed by atoms with Crippen molar-refractivity contribution in [3.05, 3.63) is 106 Å². The molecule has 0 saturated carbocycles. The zero-order valence-electron chi connectivity index (χ0n) is 19.5. The molecule has 172 valence electrons. The Balaban J connectivity index is 1.39. The van der Waals surface area contributed by atoms with E-state index >= 15 is 0 Å². The van der Waals surface area contributed by atoms with E-state index in [9.17, 15) is 9.59 Å². The number of para-hydroxylation sites is 1. The molecule has 3 aromatic carbocycles. The number of carbonyl (C=O) groups is 2. The highest BCUT2D eigenvalue weighted by Gasteiger charge is 2.12. The number of hydrogen-bond acceptors (Lipinski definition) is 4. The molecule has 6 heteroatoms. The summed E-state index contributed by atoms with van der Waals surface area (Å²) in [4.78, 5) is 29.7. The SMILES string of the molecule is Cc1cccc(C)c1NC(=O)c1ccc2nc(C/C=C/C(=O)NC(C)c3ccccc3)sc2c1. The van der Waals surface area contributed by atoms with Gasteiger partial charge in [-0.1, -0.05) is 54.6 Å². The quantitative estimate of drug-likeness (QED) is 0.319. The van der Waals surface area contributed by atoms with Crippen LogP contribution in [0.15, 0.2) is 78.9 Å². The molecular weight excluding hydrogens is 442 g/mol. The molecule has 4 rings (SSSR count). The van der Waals surface area contributed by atoms with Gasteiger partial charge in [0.2, 0.25) is 5.91 Å². The van der Waals surface area contributed by atoms with Crippen molar-refractivity contribution in [1.82, 2.24) is 10.3 Å². The molecule has 0 bridgehead atoms. The Morgan fingerprint density at radius 2 is 1.74 bits per heavy atom. The molecule has 2 amide bonds. The molecule has 0 spiro atoms. The first-order valence-electron chi connectivity index (χ1n) is 11.2. The maximum absolute atomic E-state index is 12.8. The average Bonchev–Trinajstić information content (AvgIpc) is 3.24. The molecule has 0 radical (unpaired) electrons. The summed E-state index contributed by atoms with van der Waals surface area (Å²) >= 11 is 1.53. The van der Waals surface area contributed by atoms with E-state index in [1.807, 2.05) is 87.5 Å². The van der Waals surface area contributed by atoms with Crippen LogP contribution in [-0.4, -0.2) is 16.8 Å². The van der Waals surface area contributed by atoms with E-state index in [2.05, 4.69) is 15.6 Å². The third-order valence-electron chi connectivity index (χ3n) is 5.63. The van der Waals surface area contributed by atoms with Crippen LogP contribution in [0, 0.1) is 13.8 Å². The fourth-order valence-corrected chi connectivity index (χ4v) is 4.73. The average molecular weight is 470 g/mol. The number of thiazole rings is 1. The lowest BCUT2D eigenvalue weighted by molar-refractivity contribution is -0.117. The standard InChI is InChI=1S/C28H27N3O2S/c1-18-9-7-10-19(2)27(18)31-28(33)22-15-16-23-24(17-22)34-26(30-23)14-8-13-25(32)29-20(3)21-11-5-4-6-12-21/h4-13,15-17,20H,14H2,1-3H3,(H,29,32)(H,31,33)/b13-8+. The van der Waals surface area contributed by atoms with Crippen LogP contribution in [0.3, 0.4) is 0 Å². The highest BCUT2D eigenvalue weighted by molar-refractivity contribution is 7.18. The van der Waals surface area contributed by atoms with Crippen LogP contribution < -0.4 is 10.6 Å². The largest absolute Gasteiger partial charge is 0.346 e. The number of fused-ring (bicyclic) bond motifs is 1. The van der Waals surface area contributed by atoms with Gasteiger partial charge in [0, 0.05) is 17.7 Å². The fraction of sp³-hybridized carbons (Fsp3) is 0.179. The molecule has 0 aliphatic rings. The Bertz CT molecular complexity index is 1340. The second kappa shape index (κ2) is 10.4. The zero-order chi connectivity index (χ0) is 24.1. The van der Waals surface area contributed by atoms with Crippen LogP contribution in [0.25, 0.3) is 10.2 Å². The number of anilines is 1. The van der Waals surface area contributed by atoms with Crippen LogP contribution in [-0.2, 0) is 11.2 Å². The summed E-state index contributed by atoms with van der Waals surface area (Å²) in [6, 6.07) is 21.3. The van der Waals surface area contributed by atoms with Gasteiger partial charge in [-0.2, -0.15) is 0 Å². The topological polar surface area (TPSA) is 71.1 Å². The van der Waals surface area contributed by atoms with E-state index in [1.165, 1.54) is 11.3 Å². The number of rotatable bonds is 7. The number of nitrogens with one attached hydrogen (secondary N) is 2. The van der Waals surface area contributed by atoms with Crippen molar-refractivity contribution >= 4 is 39.1 Å². The molecule has 1 unspecified atom stereocenters. The molecule has 0 saturated heterocycles. The van der Waals surface area contributed by atoms with Crippen molar-refractivity contribution in [3.8, 4) is 0 Å². The van der Waals surface area contributed by atoms with Gasteiger partial charge in [0.05, 0.1) is 21.3 Å². The molecule has 2 N–H and O–H groups in total. The molecule has 34 heavy (non-hydrogen) atoms. The first kappa shape index (κ1) is 23.4. The Morgan fingerprint density at radius 1 is 1.00 bits per heavy atom. The van der Waals surface area contributed by atoms with Crippen LogP contribution >= 0.6 is 11.3 Å². The molecule has 1 heterocycles. The first-order valence-corrected chi connectivity index (χ1v) is 12.0. The summed E-state index contributed by atoms with van der Waals surface area (Å²) < 4.78 is 0.944. The lowest BCUT2D eigenvalue weighted by Crippen LogP contribution is -2.24. The van der Waals surface area contributed by atoms with Gasteiger partial charge in [0.15, 0.2) is 0 Å². The Hall–Kier alpha value is -3.77. The van der Waals surface area contributed by atoms with Crippen molar-refractivity contribution in [3.63, 3.8) is 0 Å². The van der Waals surface area contributed by atoms with Crippen LogP contribution in [0.4, 0.5) is 5.69 Å². The highest BCUT2D eigenvalue weighted by Crippen LogP contribution is 2.25. The van der Waals surface area contributed by atoms with Gasteiger partial charge in [0.25, 0.3) is 5.91 Å². The van der Waals surface area contributed by atoms with Crippen LogP contribution in [0.5, 0.6) is 0 Å². The monoisotopic (exact) mass is 469 g/mol. The van der Waals surface area contributed by atoms with Crippen molar-refractivity contribution in [2.75, 3.05) is 5.32 Å². The predicted octanol–water partition coefficient (Wildman–Crippen LogP) is 6.14. The number of amides is 2. The second-order valence-electron chi connectivity index (χ2n) is 8.26. The number of aromatic nitrogens is 1. The maximum Gasteiger partial charge on any atom is 0.255 e. The molecular formula is C28H27N3O2S. The zero-order valence-corrected chi connectivity index (χ0v) is 20.3. The molecule has 1 atom stereocenters. The van der Waals surface area contributed by atoms with Gasteiger partial charge in [-0.05, 0) is 61.7 Å². The van der Waals surface area contributed by atoms with E-state index in [0.29, 0.717) is 12.0 Å².